The van der Waals surface area contributed by atoms with Gasteiger partial charge in [0.25, 0.3) is 0 Å². The Morgan fingerprint density at radius 1 is 1.10 bits per heavy atom. The lowest BCUT2D eigenvalue weighted by atomic mass is 9.80. The number of nitrogens with one attached hydrogen (secondary N) is 1. The third kappa shape index (κ3) is 4.24. The number of aromatic nitrogens is 4. The highest BCUT2D eigenvalue weighted by Gasteiger charge is 2.56. The van der Waals surface area contributed by atoms with Gasteiger partial charge in [0.05, 0.1) is 61.0 Å². The molecular formula is C28H41N7O3Si. The summed E-state index contributed by atoms with van der Waals surface area (Å²) in [4.78, 5) is 37.6. The summed E-state index contributed by atoms with van der Waals surface area (Å²) in [6.07, 6.45) is 9.35. The zero-order chi connectivity index (χ0) is 27.6. The van der Waals surface area contributed by atoms with Gasteiger partial charge in [-0.05, 0) is 43.8 Å². The molecule has 210 valence electrons. The van der Waals surface area contributed by atoms with Crippen LogP contribution >= 0.6 is 0 Å². The van der Waals surface area contributed by atoms with Gasteiger partial charge in [0.2, 0.25) is 11.9 Å². The number of rotatable bonds is 6. The zero-order valence-electron chi connectivity index (χ0n) is 24.1. The molecule has 1 spiro atoms. The molecule has 0 radical (unpaired) electrons. The standard InChI is InChI=1S/C28H41N7O3Si/c1-27(2,3)39(5,6)38-17-21-32-23(29-4)22-24(33-21)35(25(36)28(22)11-7-8-12-28)20-13-30-26(31-14-20)34-18-9-10-19(34)16-37-15-18/h13-14,18-19H,7-12,15-17H2,1-6H3,(H,29,32,33). The van der Waals surface area contributed by atoms with Crippen molar-refractivity contribution in [2.75, 3.05) is 35.4 Å². The molecule has 1 saturated carbocycles. The first-order chi connectivity index (χ1) is 18.6. The second-order valence-corrected chi connectivity index (χ2v) is 17.8. The van der Waals surface area contributed by atoms with E-state index >= 15 is 0 Å². The summed E-state index contributed by atoms with van der Waals surface area (Å²) in [5, 5.41) is 3.36. The molecule has 1 amide bonds. The van der Waals surface area contributed by atoms with Crippen LogP contribution in [-0.2, 0) is 26.0 Å². The van der Waals surface area contributed by atoms with Crippen molar-refractivity contribution < 1.29 is 14.0 Å². The van der Waals surface area contributed by atoms with Crippen LogP contribution in [0.15, 0.2) is 12.4 Å². The minimum atomic E-state index is -2.01. The van der Waals surface area contributed by atoms with E-state index in [1.807, 2.05) is 7.05 Å². The molecule has 2 atom stereocenters. The molecule has 5 heterocycles. The molecule has 39 heavy (non-hydrogen) atoms. The van der Waals surface area contributed by atoms with Gasteiger partial charge in [-0.15, -0.1) is 0 Å². The van der Waals surface area contributed by atoms with Crippen molar-refractivity contribution in [3.63, 3.8) is 0 Å². The molecule has 2 aromatic rings. The topological polar surface area (TPSA) is 106 Å². The molecule has 2 bridgehead atoms. The molecule has 6 rings (SSSR count). The molecule has 3 fully saturated rings. The van der Waals surface area contributed by atoms with E-state index < -0.39 is 13.7 Å². The van der Waals surface area contributed by atoms with Crippen molar-refractivity contribution in [1.29, 1.82) is 0 Å². The van der Waals surface area contributed by atoms with E-state index in [-0.39, 0.29) is 10.9 Å². The fourth-order valence-corrected chi connectivity index (χ4v) is 7.34. The first-order valence-corrected chi connectivity index (χ1v) is 17.2. The number of carbonyl (C=O) groups excluding carboxylic acids is 1. The van der Waals surface area contributed by atoms with Gasteiger partial charge in [0.1, 0.15) is 11.6 Å². The largest absolute Gasteiger partial charge is 0.409 e. The molecule has 0 aromatic carbocycles. The van der Waals surface area contributed by atoms with Gasteiger partial charge in [-0.2, -0.15) is 0 Å². The van der Waals surface area contributed by atoms with Crippen LogP contribution in [0.25, 0.3) is 0 Å². The van der Waals surface area contributed by atoms with Crippen molar-refractivity contribution in [2.24, 2.45) is 0 Å². The number of nitrogens with zero attached hydrogens (tertiary/aromatic N) is 6. The number of carbonyl (C=O) groups is 1. The van der Waals surface area contributed by atoms with Crippen molar-refractivity contribution in [1.82, 2.24) is 19.9 Å². The summed E-state index contributed by atoms with van der Waals surface area (Å²) in [5.41, 5.74) is 0.930. The predicted octanol–water partition coefficient (Wildman–Crippen LogP) is 4.69. The SMILES string of the molecule is CNc1nc(CO[Si](C)(C)C(C)(C)C)nc2c1C1(CCCC1)C(=O)N2c1cnc(N2C3CCC2COC3)nc1. The van der Waals surface area contributed by atoms with Gasteiger partial charge in [0.15, 0.2) is 14.1 Å². The first-order valence-electron chi connectivity index (χ1n) is 14.3. The van der Waals surface area contributed by atoms with E-state index in [4.69, 9.17) is 29.1 Å². The van der Waals surface area contributed by atoms with Gasteiger partial charge >= 0.3 is 0 Å². The van der Waals surface area contributed by atoms with Crippen LogP contribution in [0.1, 0.15) is 70.7 Å². The molecular weight excluding hydrogens is 510 g/mol. The molecule has 11 heteroatoms. The smallest absolute Gasteiger partial charge is 0.243 e. The molecule has 10 nitrogen and oxygen atoms in total. The Bertz CT molecular complexity index is 1240. The summed E-state index contributed by atoms with van der Waals surface area (Å²) < 4.78 is 12.2. The monoisotopic (exact) mass is 551 g/mol. The van der Waals surface area contributed by atoms with Gasteiger partial charge < -0.3 is 19.4 Å². The third-order valence-electron chi connectivity index (χ3n) is 9.66. The maximum Gasteiger partial charge on any atom is 0.243 e. The van der Waals surface area contributed by atoms with Crippen LogP contribution in [0.2, 0.25) is 18.1 Å². The second-order valence-electron chi connectivity index (χ2n) is 13.0. The number of hydrogen-bond acceptors (Lipinski definition) is 9. The van der Waals surface area contributed by atoms with Crippen LogP contribution in [0.5, 0.6) is 0 Å². The number of morpholine rings is 1. The van der Waals surface area contributed by atoms with Crippen LogP contribution < -0.4 is 15.1 Å². The molecule has 3 aliphatic heterocycles. The van der Waals surface area contributed by atoms with Crippen LogP contribution in [0.4, 0.5) is 23.3 Å². The van der Waals surface area contributed by atoms with E-state index in [2.05, 4.69) is 44.1 Å². The van der Waals surface area contributed by atoms with Gasteiger partial charge in [-0.1, -0.05) is 33.6 Å². The van der Waals surface area contributed by atoms with Crippen LogP contribution in [-0.4, -0.2) is 66.5 Å². The van der Waals surface area contributed by atoms with Gasteiger partial charge in [-0.25, -0.2) is 19.9 Å². The third-order valence-corrected chi connectivity index (χ3v) is 14.1. The Hall–Kier alpha value is -2.63. The van der Waals surface area contributed by atoms with Crippen molar-refractivity contribution in [2.45, 2.75) is 102 Å². The van der Waals surface area contributed by atoms with Crippen molar-refractivity contribution in [3.05, 3.63) is 23.8 Å². The number of hydrogen-bond donors (Lipinski definition) is 1. The van der Waals surface area contributed by atoms with E-state index in [1.165, 1.54) is 0 Å². The van der Waals surface area contributed by atoms with E-state index in [0.717, 1.165) is 44.1 Å². The summed E-state index contributed by atoms with van der Waals surface area (Å²) in [7, 11) is -0.145. The zero-order valence-corrected chi connectivity index (χ0v) is 25.1. The molecule has 4 aliphatic rings. The Balaban J connectivity index is 1.37. The van der Waals surface area contributed by atoms with Crippen molar-refractivity contribution in [3.8, 4) is 0 Å². The van der Waals surface area contributed by atoms with Crippen LogP contribution in [0, 0.1) is 0 Å². The first kappa shape index (κ1) is 26.6. The summed E-state index contributed by atoms with van der Waals surface area (Å²) in [6, 6.07) is 0.639. The number of ether oxygens (including phenoxy) is 1. The Kier molecular flexibility index (Phi) is 6.46. The van der Waals surface area contributed by atoms with E-state index in [1.54, 1.807) is 17.3 Å². The summed E-state index contributed by atoms with van der Waals surface area (Å²) in [5.74, 6) is 2.69. The average molecular weight is 552 g/mol. The maximum atomic E-state index is 14.2. The van der Waals surface area contributed by atoms with E-state index in [0.29, 0.717) is 61.0 Å². The second kappa shape index (κ2) is 9.48. The Morgan fingerprint density at radius 3 is 2.33 bits per heavy atom. The van der Waals surface area contributed by atoms with Crippen LogP contribution in [0.3, 0.4) is 0 Å². The minimum Gasteiger partial charge on any atom is -0.409 e. The summed E-state index contributed by atoms with van der Waals surface area (Å²) >= 11 is 0. The van der Waals surface area contributed by atoms with Gasteiger partial charge in [-0.3, -0.25) is 9.69 Å². The lowest BCUT2D eigenvalue weighted by Crippen LogP contribution is -2.46. The lowest BCUT2D eigenvalue weighted by molar-refractivity contribution is -0.122. The lowest BCUT2D eigenvalue weighted by Gasteiger charge is -2.36. The minimum absolute atomic E-state index is 0.0473. The number of amides is 1. The highest BCUT2D eigenvalue weighted by Crippen LogP contribution is 2.55. The molecule has 2 saturated heterocycles. The fraction of sp³-hybridized carbons (Fsp3) is 0.679. The highest BCUT2D eigenvalue weighted by molar-refractivity contribution is 6.74. The van der Waals surface area contributed by atoms with Gasteiger partial charge in [0, 0.05) is 7.05 Å². The Labute approximate surface area is 232 Å². The Morgan fingerprint density at radius 2 is 1.74 bits per heavy atom. The normalized spacial score (nSPS) is 24.1. The molecule has 1 N–H and O–H groups in total. The van der Waals surface area contributed by atoms with Crippen molar-refractivity contribution >= 4 is 37.5 Å². The number of fused-ring (bicyclic) bond motifs is 4. The molecule has 2 aromatic heterocycles. The molecule has 2 unspecified atom stereocenters. The quantitative estimate of drug-likeness (QED) is 0.512. The highest BCUT2D eigenvalue weighted by atomic mass is 28.4. The average Bonchev–Trinajstić information content (AvgIpc) is 3.56. The number of anilines is 4. The maximum absolute atomic E-state index is 14.2. The molecule has 1 aliphatic carbocycles. The fourth-order valence-electron chi connectivity index (χ4n) is 6.42. The predicted molar refractivity (Wildman–Crippen MR) is 153 cm³/mol. The summed E-state index contributed by atoms with van der Waals surface area (Å²) in [6.45, 7) is 12.8. The van der Waals surface area contributed by atoms with E-state index in [9.17, 15) is 4.79 Å².